The number of amides is 1. The summed E-state index contributed by atoms with van der Waals surface area (Å²) >= 11 is 1.50. The number of nitrogens with one attached hydrogen (secondary N) is 1. The molecule has 0 aliphatic rings. The maximum atomic E-state index is 13.1. The van der Waals surface area contributed by atoms with E-state index in [9.17, 15) is 9.18 Å². The Labute approximate surface area is 169 Å². The summed E-state index contributed by atoms with van der Waals surface area (Å²) < 4.78 is 19.8. The topological polar surface area (TPSA) is 103 Å². The highest BCUT2D eigenvalue weighted by Gasteiger charge is 2.12. The fourth-order valence-electron chi connectivity index (χ4n) is 2.74. The Bertz CT molecular complexity index is 1160. The lowest BCUT2D eigenvalue weighted by Gasteiger charge is -2.10. The monoisotopic (exact) mass is 409 g/mol. The van der Waals surface area contributed by atoms with Gasteiger partial charge >= 0.3 is 0 Å². The van der Waals surface area contributed by atoms with Crippen LogP contribution in [0.4, 0.5) is 15.9 Å². The second-order valence-electron chi connectivity index (χ2n) is 6.16. The predicted molar refractivity (Wildman–Crippen MR) is 109 cm³/mol. The van der Waals surface area contributed by atoms with E-state index in [1.165, 1.54) is 23.5 Å². The summed E-state index contributed by atoms with van der Waals surface area (Å²) in [6.45, 7) is 0.356. The fourth-order valence-corrected chi connectivity index (χ4v) is 3.58. The minimum atomic E-state index is -0.567. The van der Waals surface area contributed by atoms with Gasteiger partial charge in [-0.2, -0.15) is 0 Å². The number of benzene rings is 1. The Balaban J connectivity index is 1.47. The van der Waals surface area contributed by atoms with Gasteiger partial charge in [0.05, 0.1) is 6.61 Å². The number of primary amides is 1. The summed E-state index contributed by atoms with van der Waals surface area (Å²) in [5, 5.41) is 14.3. The van der Waals surface area contributed by atoms with Crippen molar-refractivity contribution in [1.82, 2.24) is 15.2 Å². The van der Waals surface area contributed by atoms with Crippen LogP contribution >= 0.6 is 11.3 Å². The smallest absolute Gasteiger partial charge is 0.267 e. The van der Waals surface area contributed by atoms with E-state index in [1.54, 1.807) is 30.5 Å². The van der Waals surface area contributed by atoms with Crippen molar-refractivity contribution < 1.29 is 13.9 Å². The molecule has 3 aromatic heterocycles. The van der Waals surface area contributed by atoms with Crippen LogP contribution in [0.1, 0.15) is 16.1 Å². The second kappa shape index (κ2) is 8.19. The molecule has 4 rings (SSSR count). The van der Waals surface area contributed by atoms with Gasteiger partial charge in [-0.15, -0.1) is 21.5 Å². The van der Waals surface area contributed by atoms with Crippen LogP contribution < -0.4 is 15.8 Å². The van der Waals surface area contributed by atoms with Crippen LogP contribution in [0.5, 0.6) is 5.88 Å². The fraction of sp³-hybridized carbons (Fsp3) is 0.100. The van der Waals surface area contributed by atoms with Gasteiger partial charge in [-0.1, -0.05) is 0 Å². The van der Waals surface area contributed by atoms with E-state index in [1.807, 2.05) is 11.4 Å². The molecule has 9 heteroatoms. The van der Waals surface area contributed by atoms with Crippen LogP contribution in [-0.2, 0) is 6.42 Å². The van der Waals surface area contributed by atoms with Crippen LogP contribution in [0, 0.1) is 5.82 Å². The van der Waals surface area contributed by atoms with Crippen molar-refractivity contribution in [1.29, 1.82) is 0 Å². The Hall–Kier alpha value is -3.59. The van der Waals surface area contributed by atoms with Crippen LogP contribution in [0.25, 0.3) is 10.1 Å². The van der Waals surface area contributed by atoms with Gasteiger partial charge in [-0.05, 0) is 53.4 Å². The number of hydrogen-bond donors (Lipinski definition) is 2. The number of aromatic nitrogens is 3. The molecule has 1 amide bonds. The molecule has 1 aromatic carbocycles. The standard InChI is InChI=1S/C20H16FN5O2S/c21-13-1-3-14(4-2-13)24-19-15-7-10-29-17(15)20(26-25-19)28-9-6-12-5-8-23-16(11-12)18(22)27/h1-5,7-8,10-11H,6,9H2,(H2,22,27)(H,24,25). The van der Waals surface area contributed by atoms with Gasteiger partial charge in [-0.25, -0.2) is 4.39 Å². The van der Waals surface area contributed by atoms with Crippen LogP contribution in [0.3, 0.4) is 0 Å². The van der Waals surface area contributed by atoms with Crippen molar-refractivity contribution in [2.45, 2.75) is 6.42 Å². The maximum Gasteiger partial charge on any atom is 0.267 e. The number of anilines is 2. The van der Waals surface area contributed by atoms with Gasteiger partial charge in [0.2, 0.25) is 0 Å². The second-order valence-corrected chi connectivity index (χ2v) is 7.08. The number of halogens is 1. The molecule has 0 saturated heterocycles. The number of nitrogens with two attached hydrogens (primary N) is 1. The number of rotatable bonds is 7. The Morgan fingerprint density at radius 1 is 1.17 bits per heavy atom. The van der Waals surface area contributed by atoms with Crippen LogP contribution in [-0.4, -0.2) is 27.7 Å². The largest absolute Gasteiger partial charge is 0.475 e. The van der Waals surface area contributed by atoms with E-state index < -0.39 is 5.91 Å². The normalized spacial score (nSPS) is 10.8. The number of thiophene rings is 1. The van der Waals surface area contributed by atoms with Gasteiger partial charge in [0.15, 0.2) is 5.82 Å². The molecule has 0 unspecified atom stereocenters. The highest BCUT2D eigenvalue weighted by molar-refractivity contribution is 7.17. The predicted octanol–water partition coefficient (Wildman–Crippen LogP) is 3.69. The molecule has 0 aliphatic carbocycles. The SMILES string of the molecule is NC(=O)c1cc(CCOc2nnc(Nc3ccc(F)cc3)c3ccsc23)ccn1. The third-order valence-corrected chi connectivity index (χ3v) is 5.07. The summed E-state index contributed by atoms with van der Waals surface area (Å²) in [5.74, 6) is 0.135. The summed E-state index contributed by atoms with van der Waals surface area (Å²) in [6.07, 6.45) is 2.11. The van der Waals surface area contributed by atoms with Gasteiger partial charge < -0.3 is 15.8 Å². The molecule has 0 spiro atoms. The molecule has 146 valence electrons. The minimum Gasteiger partial charge on any atom is -0.475 e. The average Bonchev–Trinajstić information content (AvgIpc) is 3.22. The van der Waals surface area contributed by atoms with Crippen molar-refractivity contribution >= 4 is 38.8 Å². The summed E-state index contributed by atoms with van der Waals surface area (Å²) in [5.41, 5.74) is 7.08. The van der Waals surface area contributed by atoms with Crippen molar-refractivity contribution in [2.75, 3.05) is 11.9 Å². The lowest BCUT2D eigenvalue weighted by molar-refractivity contribution is 0.0995. The average molecular weight is 409 g/mol. The first-order valence-electron chi connectivity index (χ1n) is 8.74. The lowest BCUT2D eigenvalue weighted by atomic mass is 10.2. The van der Waals surface area contributed by atoms with Crippen molar-refractivity contribution in [3.8, 4) is 5.88 Å². The van der Waals surface area contributed by atoms with E-state index in [-0.39, 0.29) is 11.5 Å². The van der Waals surface area contributed by atoms with Crippen LogP contribution in [0.15, 0.2) is 54.0 Å². The third kappa shape index (κ3) is 4.30. The number of carbonyl (C=O) groups is 1. The Kier molecular flexibility index (Phi) is 5.30. The molecule has 0 saturated carbocycles. The number of fused-ring (bicyclic) bond motifs is 1. The zero-order valence-electron chi connectivity index (χ0n) is 15.1. The molecular formula is C20H16FN5O2S. The molecular weight excluding hydrogens is 393 g/mol. The zero-order chi connectivity index (χ0) is 20.2. The molecule has 0 bridgehead atoms. The molecule has 29 heavy (non-hydrogen) atoms. The highest BCUT2D eigenvalue weighted by atomic mass is 32.1. The maximum absolute atomic E-state index is 13.1. The first kappa shape index (κ1) is 18.8. The highest BCUT2D eigenvalue weighted by Crippen LogP contribution is 2.33. The molecule has 4 aromatic rings. The quantitative estimate of drug-likeness (QED) is 0.483. The molecule has 0 atom stereocenters. The van der Waals surface area contributed by atoms with Gasteiger partial charge in [0.25, 0.3) is 11.8 Å². The summed E-state index contributed by atoms with van der Waals surface area (Å²) in [7, 11) is 0. The minimum absolute atomic E-state index is 0.221. The van der Waals surface area contributed by atoms with Gasteiger partial charge in [0, 0.05) is 23.7 Å². The van der Waals surface area contributed by atoms with Crippen molar-refractivity contribution in [2.24, 2.45) is 5.73 Å². The Morgan fingerprint density at radius 2 is 2.00 bits per heavy atom. The molecule has 0 fully saturated rings. The lowest BCUT2D eigenvalue weighted by Crippen LogP contribution is -2.13. The first-order valence-corrected chi connectivity index (χ1v) is 9.62. The number of carbonyl (C=O) groups excluding carboxylic acids is 1. The molecule has 0 radical (unpaired) electrons. The van der Waals surface area contributed by atoms with E-state index in [0.717, 1.165) is 15.6 Å². The number of ether oxygens (including phenoxy) is 1. The number of hydrogen-bond acceptors (Lipinski definition) is 7. The van der Waals surface area contributed by atoms with Gasteiger partial charge in [0.1, 0.15) is 16.2 Å². The summed E-state index contributed by atoms with van der Waals surface area (Å²) in [4.78, 5) is 15.2. The number of nitrogens with zero attached hydrogens (tertiary/aromatic N) is 3. The van der Waals surface area contributed by atoms with Crippen molar-refractivity contribution in [3.05, 3.63) is 71.1 Å². The molecule has 7 nitrogen and oxygen atoms in total. The van der Waals surface area contributed by atoms with E-state index in [0.29, 0.717) is 30.4 Å². The van der Waals surface area contributed by atoms with Crippen molar-refractivity contribution in [3.63, 3.8) is 0 Å². The summed E-state index contributed by atoms with van der Waals surface area (Å²) in [6, 6.07) is 11.4. The van der Waals surface area contributed by atoms with E-state index in [2.05, 4.69) is 20.5 Å². The molecule has 3 N–H and O–H groups in total. The molecule has 0 aliphatic heterocycles. The first-order chi connectivity index (χ1) is 14.1. The van der Waals surface area contributed by atoms with E-state index >= 15 is 0 Å². The molecule has 3 heterocycles. The van der Waals surface area contributed by atoms with Crippen LogP contribution in [0.2, 0.25) is 0 Å². The van der Waals surface area contributed by atoms with Gasteiger partial charge in [-0.3, -0.25) is 9.78 Å². The zero-order valence-corrected chi connectivity index (χ0v) is 15.9. The third-order valence-electron chi connectivity index (χ3n) is 4.17. The Morgan fingerprint density at radius 3 is 2.79 bits per heavy atom. The van der Waals surface area contributed by atoms with E-state index in [4.69, 9.17) is 10.5 Å². The number of pyridine rings is 1.